The van der Waals surface area contributed by atoms with Gasteiger partial charge < -0.3 is 39.6 Å². The molecule has 0 aliphatic heterocycles. The van der Waals surface area contributed by atoms with E-state index in [1.54, 1.807) is 0 Å². The minimum Gasteiger partial charge on any atom is -0.550 e. The first kappa shape index (κ1) is 56.9. The minimum absolute atomic E-state index is 0. The molecule has 49 heavy (non-hydrogen) atoms. The first-order chi connectivity index (χ1) is 21.7. The van der Waals surface area contributed by atoms with Crippen LogP contribution in [0.3, 0.4) is 0 Å². The minimum atomic E-state index is -0.925. The van der Waals surface area contributed by atoms with Gasteiger partial charge in [0, 0.05) is 44.3 Å². The van der Waals surface area contributed by atoms with Crippen molar-refractivity contribution in [1.82, 2.24) is 0 Å². The number of hydrogen-bond donors (Lipinski definition) is 0. The quantitative estimate of drug-likeness (QED) is 0.119. The third kappa shape index (κ3) is 77.4. The van der Waals surface area contributed by atoms with E-state index in [0.717, 1.165) is 77.0 Å². The van der Waals surface area contributed by atoms with Crippen LogP contribution in [0.5, 0.6) is 0 Å². The van der Waals surface area contributed by atoms with Gasteiger partial charge in [-0.1, -0.05) is 134 Å². The summed E-state index contributed by atoms with van der Waals surface area (Å²) in [6.07, 6.45) is 17.1. The topological polar surface area (TPSA) is 161 Å². The Balaban J connectivity index is -0.000000174. The molecule has 0 aromatic rings. The molecule has 0 N–H and O–H groups in total. The van der Waals surface area contributed by atoms with Crippen molar-refractivity contribution in [2.45, 2.75) is 212 Å². The molecular weight excluding hydrogens is 795 g/mol. The van der Waals surface area contributed by atoms with Crippen LogP contribution >= 0.6 is 0 Å². The molecule has 0 bridgehead atoms. The van der Waals surface area contributed by atoms with Crippen molar-refractivity contribution in [3.63, 3.8) is 0 Å². The Morgan fingerprint density at radius 1 is 0.306 bits per heavy atom. The molecule has 8 nitrogen and oxygen atoms in total. The second-order valence-corrected chi connectivity index (χ2v) is 18.0. The van der Waals surface area contributed by atoms with Gasteiger partial charge in [-0.2, -0.15) is 0 Å². The van der Waals surface area contributed by atoms with Gasteiger partial charge in [0.1, 0.15) is 0 Å². The summed E-state index contributed by atoms with van der Waals surface area (Å²) in [6, 6.07) is 0. The number of aliphatic carboxylic acids is 4. The summed E-state index contributed by atoms with van der Waals surface area (Å²) in [5, 5.41) is 40.2. The number of carbonyl (C=O) groups is 4. The van der Waals surface area contributed by atoms with Crippen molar-refractivity contribution >= 4 is 23.9 Å². The second-order valence-electron chi connectivity index (χ2n) is 18.0. The maximum Gasteiger partial charge on any atom is 0.0414 e. The van der Waals surface area contributed by atoms with Crippen molar-refractivity contribution in [2.24, 2.45) is 21.7 Å². The standard InChI is InChI=1S/4C10H20O2.Re/c4*1-10(2,3)8-6-4-5-7-9(11)12;/h4*4-8H2,1-3H3,(H,11,12);/p-4. The van der Waals surface area contributed by atoms with E-state index in [-0.39, 0.29) is 46.1 Å². The number of rotatable bonds is 20. The SMILES string of the molecule is CC(C)(C)CCCCCC(=O)[O-].CC(C)(C)CCCCCC(=O)[O-].CC(C)(C)CCCCCC(=O)[O-].CC(C)(C)CCCCCC(=O)[O-].[Re]. The fraction of sp³-hybridized carbons (Fsp3) is 0.900. The van der Waals surface area contributed by atoms with Gasteiger partial charge in [-0.25, -0.2) is 0 Å². The average Bonchev–Trinajstić information content (AvgIpc) is 2.85. The third-order valence-corrected chi connectivity index (χ3v) is 7.23. The van der Waals surface area contributed by atoms with Gasteiger partial charge in [-0.05, 0) is 98.7 Å². The number of carboxylic acids is 4. The predicted octanol–water partition coefficient (Wildman–Crippen LogP) is 6.93. The summed E-state index contributed by atoms with van der Waals surface area (Å²) < 4.78 is 0. The summed E-state index contributed by atoms with van der Waals surface area (Å²) in [5.41, 5.74) is 1.51. The molecule has 0 saturated carbocycles. The molecule has 0 unspecified atom stereocenters. The molecule has 1 radical (unpaired) electrons. The Bertz CT molecular complexity index is 676. The smallest absolute Gasteiger partial charge is 0.0414 e. The summed E-state index contributed by atoms with van der Waals surface area (Å²) in [7, 11) is 0. The zero-order valence-electron chi connectivity index (χ0n) is 33.8. The fourth-order valence-electron chi connectivity index (χ4n) is 4.41. The first-order valence-electron chi connectivity index (χ1n) is 18.5. The van der Waals surface area contributed by atoms with Crippen molar-refractivity contribution in [3.05, 3.63) is 0 Å². The molecule has 0 amide bonds. The van der Waals surface area contributed by atoms with Crippen LogP contribution in [0, 0.1) is 21.7 Å². The van der Waals surface area contributed by atoms with Crippen LogP contribution in [0.1, 0.15) is 212 Å². The van der Waals surface area contributed by atoms with Gasteiger partial charge in [0.2, 0.25) is 0 Å². The Kier molecular flexibility index (Phi) is 37.7. The van der Waals surface area contributed by atoms with E-state index in [1.807, 2.05) is 0 Å². The summed E-state index contributed by atoms with van der Waals surface area (Å²) >= 11 is 0. The number of hydrogen-bond acceptors (Lipinski definition) is 8. The molecule has 0 aliphatic rings. The monoisotopic (exact) mass is 872 g/mol. The van der Waals surface area contributed by atoms with Crippen LogP contribution in [-0.2, 0) is 39.6 Å². The Morgan fingerprint density at radius 3 is 0.551 bits per heavy atom. The second kappa shape index (κ2) is 32.4. The van der Waals surface area contributed by atoms with Crippen molar-refractivity contribution in [1.29, 1.82) is 0 Å². The van der Waals surface area contributed by atoms with Crippen molar-refractivity contribution in [2.75, 3.05) is 0 Å². The van der Waals surface area contributed by atoms with E-state index >= 15 is 0 Å². The van der Waals surface area contributed by atoms with E-state index in [2.05, 4.69) is 83.1 Å². The van der Waals surface area contributed by atoms with Crippen LogP contribution in [0.25, 0.3) is 0 Å². The molecule has 0 fully saturated rings. The van der Waals surface area contributed by atoms with Gasteiger partial charge in [0.15, 0.2) is 0 Å². The zero-order chi connectivity index (χ0) is 38.5. The maximum absolute atomic E-state index is 10.0. The summed E-state index contributed by atoms with van der Waals surface area (Å²) in [4.78, 5) is 40.2. The molecule has 0 saturated heterocycles. The summed E-state index contributed by atoms with van der Waals surface area (Å²) in [5.74, 6) is -3.70. The molecule has 0 aromatic carbocycles. The van der Waals surface area contributed by atoms with Gasteiger partial charge in [0.25, 0.3) is 0 Å². The van der Waals surface area contributed by atoms with Crippen LogP contribution in [0.2, 0.25) is 0 Å². The normalized spacial score (nSPS) is 11.3. The third-order valence-electron chi connectivity index (χ3n) is 7.23. The molecule has 295 valence electrons. The van der Waals surface area contributed by atoms with E-state index in [1.165, 1.54) is 25.7 Å². The number of unbranched alkanes of at least 4 members (excludes halogenated alkanes) is 8. The van der Waals surface area contributed by atoms with Crippen LogP contribution in [-0.4, -0.2) is 23.9 Å². The van der Waals surface area contributed by atoms with Crippen molar-refractivity contribution < 1.29 is 60.0 Å². The average molecular weight is 871 g/mol. The van der Waals surface area contributed by atoms with Gasteiger partial charge in [-0.3, -0.25) is 0 Å². The largest absolute Gasteiger partial charge is 0.550 e. The zero-order valence-corrected chi connectivity index (χ0v) is 36.5. The number of carboxylic acid groups (broad SMARTS) is 4. The Labute approximate surface area is 316 Å². The van der Waals surface area contributed by atoms with E-state index in [9.17, 15) is 39.6 Å². The molecule has 0 spiro atoms. The van der Waals surface area contributed by atoms with Gasteiger partial charge in [-0.15, -0.1) is 0 Å². The van der Waals surface area contributed by atoms with Gasteiger partial charge >= 0.3 is 0 Å². The fourth-order valence-corrected chi connectivity index (χ4v) is 4.41. The molecule has 0 aliphatic carbocycles. The van der Waals surface area contributed by atoms with E-state index < -0.39 is 23.9 Å². The van der Waals surface area contributed by atoms with E-state index in [0.29, 0.717) is 21.7 Å². The number of carbonyl (C=O) groups excluding carboxylic acids is 4. The molecule has 0 aromatic heterocycles. The molecule has 0 rings (SSSR count). The predicted molar refractivity (Wildman–Crippen MR) is 190 cm³/mol. The first-order valence-corrected chi connectivity index (χ1v) is 18.5. The molecule has 9 heteroatoms. The maximum atomic E-state index is 10.0. The summed E-state index contributed by atoms with van der Waals surface area (Å²) in [6.45, 7) is 26.4. The molecular formula is C40H76O8Re-4. The van der Waals surface area contributed by atoms with Crippen LogP contribution in [0.4, 0.5) is 0 Å². The Hall–Kier alpha value is -1.46. The Morgan fingerprint density at radius 2 is 0.449 bits per heavy atom. The molecule has 0 atom stereocenters. The van der Waals surface area contributed by atoms with E-state index in [4.69, 9.17) is 0 Å². The van der Waals surface area contributed by atoms with Gasteiger partial charge in [0.05, 0.1) is 0 Å². The molecule has 0 heterocycles. The van der Waals surface area contributed by atoms with Crippen LogP contribution in [0.15, 0.2) is 0 Å². The van der Waals surface area contributed by atoms with Crippen molar-refractivity contribution in [3.8, 4) is 0 Å². The van der Waals surface area contributed by atoms with Crippen LogP contribution < -0.4 is 20.4 Å².